The number of esters is 1. The van der Waals surface area contributed by atoms with Crippen LogP contribution in [0.25, 0.3) is 0 Å². The van der Waals surface area contributed by atoms with Crippen LogP contribution in [-0.4, -0.2) is 21.9 Å². The molecule has 0 amide bonds. The minimum atomic E-state index is -4.32. The van der Waals surface area contributed by atoms with E-state index >= 15 is 0 Å². The van der Waals surface area contributed by atoms with Crippen molar-refractivity contribution in [1.29, 1.82) is 0 Å². The van der Waals surface area contributed by atoms with E-state index in [1.807, 2.05) is 6.07 Å². The summed E-state index contributed by atoms with van der Waals surface area (Å²) in [7, 11) is -4.32. The molecule has 1 aromatic rings. The van der Waals surface area contributed by atoms with Gasteiger partial charge in [0.15, 0.2) is 0 Å². The number of hydrogen-bond acceptors (Lipinski definition) is 3. The molecule has 6 N–H and O–H groups in total. The maximum Gasteiger partial charge on any atom is 0.336 e. The molecule has 1 rings (SSSR count). The zero-order chi connectivity index (χ0) is 11.3. The first-order chi connectivity index (χ1) is 6.97. The van der Waals surface area contributed by atoms with Gasteiger partial charge in [-0.25, -0.2) is 0 Å². The summed E-state index contributed by atoms with van der Waals surface area (Å²) in [6.07, 6.45) is -0.875. The second kappa shape index (κ2) is 6.40. The van der Waals surface area contributed by atoms with Gasteiger partial charge in [0, 0.05) is 0 Å². The number of carbonyl (C=O) groups excluding carboxylic acids is 1. The van der Waals surface area contributed by atoms with Crippen molar-refractivity contribution in [3.63, 3.8) is 0 Å². The Labute approximate surface area is 93.0 Å². The van der Waals surface area contributed by atoms with Crippen LogP contribution in [0.2, 0.25) is 0 Å². The highest BCUT2D eigenvalue weighted by molar-refractivity contribution is 7.52. The number of quaternary nitrogens is 1. The molecule has 0 spiro atoms. The molecule has 0 fully saturated rings. The van der Waals surface area contributed by atoms with E-state index < -0.39 is 19.7 Å². The predicted octanol–water partition coefficient (Wildman–Crippen LogP) is 1.28. The van der Waals surface area contributed by atoms with Crippen LogP contribution in [0.3, 0.4) is 0 Å². The molecule has 0 saturated carbocycles. The van der Waals surface area contributed by atoms with E-state index in [4.69, 9.17) is 9.79 Å². The SMILES string of the molecule is O=C(CP(=O)(O)O)OCc1ccccc1.[NH4+]. The summed E-state index contributed by atoms with van der Waals surface area (Å²) in [6.45, 7) is 0.0275. The van der Waals surface area contributed by atoms with Crippen molar-refractivity contribution < 1.29 is 23.9 Å². The highest BCUT2D eigenvalue weighted by Gasteiger charge is 2.19. The zero-order valence-electron chi connectivity index (χ0n) is 8.87. The topological polar surface area (TPSA) is 120 Å². The summed E-state index contributed by atoms with van der Waals surface area (Å²) in [5, 5.41) is 0. The van der Waals surface area contributed by atoms with Crippen LogP contribution in [0, 0.1) is 0 Å². The van der Waals surface area contributed by atoms with Crippen LogP contribution in [0.5, 0.6) is 0 Å². The molecular weight excluding hydrogens is 233 g/mol. The van der Waals surface area contributed by atoms with Crippen LogP contribution < -0.4 is 6.15 Å². The van der Waals surface area contributed by atoms with Gasteiger partial charge in [-0.05, 0) is 5.56 Å². The molecule has 0 unspecified atom stereocenters. The van der Waals surface area contributed by atoms with Gasteiger partial charge < -0.3 is 20.7 Å². The monoisotopic (exact) mass is 248 g/mol. The normalized spacial score (nSPS) is 10.4. The molecule has 16 heavy (non-hydrogen) atoms. The van der Waals surface area contributed by atoms with E-state index in [-0.39, 0.29) is 12.8 Å². The molecular formula is C9H15NO5P+. The minimum Gasteiger partial charge on any atom is -0.460 e. The fourth-order valence-electron chi connectivity index (χ4n) is 0.952. The van der Waals surface area contributed by atoms with Crippen molar-refractivity contribution in [3.8, 4) is 0 Å². The van der Waals surface area contributed by atoms with Gasteiger partial charge >= 0.3 is 13.6 Å². The second-order valence-corrected chi connectivity index (χ2v) is 4.61. The molecule has 7 heteroatoms. The first-order valence-corrected chi connectivity index (χ1v) is 6.01. The number of benzene rings is 1. The Morgan fingerprint density at radius 1 is 1.25 bits per heavy atom. The van der Waals surface area contributed by atoms with Crippen molar-refractivity contribution >= 4 is 13.6 Å². The summed E-state index contributed by atoms with van der Waals surface area (Å²) >= 11 is 0. The standard InChI is InChI=1S/C9H11O5P.H3N/c10-9(7-15(11,12)13)14-6-8-4-2-1-3-5-8;/h1-5H,6-7H2,(H2,11,12,13);1H3/p+1. The van der Waals surface area contributed by atoms with Crippen LogP contribution in [0.15, 0.2) is 30.3 Å². The lowest BCUT2D eigenvalue weighted by molar-refractivity contribution is -0.142. The Morgan fingerprint density at radius 3 is 2.31 bits per heavy atom. The van der Waals surface area contributed by atoms with E-state index in [0.29, 0.717) is 0 Å². The Balaban J connectivity index is 0.00000225. The number of carbonyl (C=O) groups is 1. The van der Waals surface area contributed by atoms with Crippen molar-refractivity contribution in [3.05, 3.63) is 35.9 Å². The molecule has 0 aliphatic heterocycles. The lowest BCUT2D eigenvalue weighted by Crippen LogP contribution is -2.09. The fraction of sp³-hybridized carbons (Fsp3) is 0.222. The minimum absolute atomic E-state index is 0. The Hall–Kier alpha value is -1.20. The molecule has 6 nitrogen and oxygen atoms in total. The van der Waals surface area contributed by atoms with Gasteiger partial charge in [0.2, 0.25) is 0 Å². The van der Waals surface area contributed by atoms with Crippen molar-refractivity contribution in [2.24, 2.45) is 0 Å². The Bertz CT molecular complexity index is 375. The Morgan fingerprint density at radius 2 is 1.81 bits per heavy atom. The molecule has 0 atom stereocenters. The molecule has 0 heterocycles. The van der Waals surface area contributed by atoms with Gasteiger partial charge in [0.05, 0.1) is 0 Å². The third-order valence-corrected chi connectivity index (χ3v) is 2.25. The largest absolute Gasteiger partial charge is 0.460 e. The third-order valence-electron chi connectivity index (χ3n) is 1.58. The maximum atomic E-state index is 10.9. The lowest BCUT2D eigenvalue weighted by atomic mass is 10.2. The van der Waals surface area contributed by atoms with E-state index in [1.54, 1.807) is 24.3 Å². The summed E-state index contributed by atoms with van der Waals surface area (Å²) in [4.78, 5) is 27.9. The first-order valence-electron chi connectivity index (χ1n) is 4.21. The van der Waals surface area contributed by atoms with E-state index in [0.717, 1.165) is 5.56 Å². The Kier molecular flexibility index (Phi) is 5.92. The average molecular weight is 248 g/mol. The average Bonchev–Trinajstić information content (AvgIpc) is 2.14. The van der Waals surface area contributed by atoms with Gasteiger partial charge in [-0.15, -0.1) is 0 Å². The summed E-state index contributed by atoms with van der Waals surface area (Å²) in [5.41, 5.74) is 0.775. The van der Waals surface area contributed by atoms with E-state index in [9.17, 15) is 9.36 Å². The van der Waals surface area contributed by atoms with Crippen LogP contribution in [0.4, 0.5) is 0 Å². The smallest absolute Gasteiger partial charge is 0.336 e. The first kappa shape index (κ1) is 14.8. The predicted molar refractivity (Wildman–Crippen MR) is 59.1 cm³/mol. The van der Waals surface area contributed by atoms with Gasteiger partial charge in [-0.1, -0.05) is 30.3 Å². The molecule has 0 aromatic heterocycles. The quantitative estimate of drug-likeness (QED) is 0.547. The van der Waals surface area contributed by atoms with Gasteiger partial charge in [0.25, 0.3) is 0 Å². The highest BCUT2D eigenvalue weighted by atomic mass is 31.2. The fourth-order valence-corrected chi connectivity index (χ4v) is 1.38. The van der Waals surface area contributed by atoms with E-state index in [1.165, 1.54) is 0 Å². The molecule has 0 bridgehead atoms. The van der Waals surface area contributed by atoms with Crippen LogP contribution >= 0.6 is 7.60 Å². The van der Waals surface area contributed by atoms with Crippen molar-refractivity contribution in [2.45, 2.75) is 6.61 Å². The van der Waals surface area contributed by atoms with Gasteiger partial charge in [-0.3, -0.25) is 9.36 Å². The second-order valence-electron chi connectivity index (χ2n) is 2.97. The molecule has 1 aromatic carbocycles. The van der Waals surface area contributed by atoms with Crippen LogP contribution in [-0.2, 0) is 20.7 Å². The van der Waals surface area contributed by atoms with Crippen molar-refractivity contribution in [1.82, 2.24) is 6.15 Å². The summed E-state index contributed by atoms with van der Waals surface area (Å²) in [6, 6.07) is 8.90. The number of rotatable bonds is 4. The molecule has 90 valence electrons. The van der Waals surface area contributed by atoms with E-state index in [2.05, 4.69) is 4.74 Å². The molecule has 0 radical (unpaired) electrons. The molecule has 0 saturated heterocycles. The lowest BCUT2D eigenvalue weighted by Gasteiger charge is -2.05. The number of ether oxygens (including phenoxy) is 1. The molecule has 0 aliphatic rings. The number of hydrogen-bond donors (Lipinski definition) is 3. The summed E-state index contributed by atoms with van der Waals surface area (Å²) < 4.78 is 15.1. The summed E-state index contributed by atoms with van der Waals surface area (Å²) in [5.74, 6) is -0.896. The van der Waals surface area contributed by atoms with Crippen LogP contribution in [0.1, 0.15) is 5.56 Å². The molecule has 0 aliphatic carbocycles. The van der Waals surface area contributed by atoms with Gasteiger partial charge in [0.1, 0.15) is 12.8 Å². The van der Waals surface area contributed by atoms with Gasteiger partial charge in [-0.2, -0.15) is 0 Å². The third kappa shape index (κ3) is 6.31. The van der Waals surface area contributed by atoms with Crippen molar-refractivity contribution in [2.75, 3.05) is 6.16 Å². The zero-order valence-corrected chi connectivity index (χ0v) is 9.76. The maximum absolute atomic E-state index is 10.9. The highest BCUT2D eigenvalue weighted by Crippen LogP contribution is 2.33.